The summed E-state index contributed by atoms with van der Waals surface area (Å²) >= 11 is 0. The third-order valence-electron chi connectivity index (χ3n) is 5.68. The molecule has 1 atom stereocenters. The molecular weight excluding hydrogens is 278 g/mol. The molecule has 0 fully saturated rings. The molecule has 3 aliphatic rings. The molecule has 1 heteroatoms. The Morgan fingerprint density at radius 2 is 2.00 bits per heavy atom. The average molecular weight is 303 g/mol. The lowest BCUT2D eigenvalue weighted by Crippen LogP contribution is -2.40. The van der Waals surface area contributed by atoms with Crippen LogP contribution >= 0.6 is 0 Å². The second-order valence-corrected chi connectivity index (χ2v) is 6.78. The lowest BCUT2D eigenvalue weighted by Gasteiger charge is -2.39. The molecule has 1 aliphatic heterocycles. The lowest BCUT2D eigenvalue weighted by atomic mass is 9.78. The maximum atomic E-state index is 3.33. The fraction of sp³-hybridized carbons (Fsp3) is 0.409. The van der Waals surface area contributed by atoms with E-state index in [1.807, 2.05) is 6.08 Å². The Morgan fingerprint density at radius 3 is 2.83 bits per heavy atom. The molecule has 0 amide bonds. The molecule has 23 heavy (non-hydrogen) atoms. The number of likely N-dealkylation sites (N-methyl/N-ethyl adjacent to an activating group) is 1. The minimum atomic E-state index is 0.677. The molecule has 0 saturated heterocycles. The first-order valence-electron chi connectivity index (χ1n) is 9.03. The second kappa shape index (κ2) is 6.00. The van der Waals surface area contributed by atoms with Gasteiger partial charge in [-0.25, -0.2) is 0 Å². The molecule has 1 aromatic rings. The Balaban J connectivity index is 1.98. The van der Waals surface area contributed by atoms with Gasteiger partial charge in [0, 0.05) is 12.6 Å². The van der Waals surface area contributed by atoms with Crippen LogP contribution in [0.4, 0.5) is 0 Å². The molecular formula is C22H25N. The molecule has 4 rings (SSSR count). The first-order chi connectivity index (χ1) is 11.3. The Morgan fingerprint density at radius 1 is 1.09 bits per heavy atom. The van der Waals surface area contributed by atoms with Gasteiger partial charge in [-0.1, -0.05) is 38.2 Å². The van der Waals surface area contributed by atoms with E-state index >= 15 is 0 Å². The normalized spacial score (nSPS) is 21.7. The Hall–Kier alpha value is -1.82. The van der Waals surface area contributed by atoms with E-state index in [4.69, 9.17) is 0 Å². The molecule has 118 valence electrons. The van der Waals surface area contributed by atoms with Gasteiger partial charge in [0.1, 0.15) is 0 Å². The van der Waals surface area contributed by atoms with E-state index < -0.39 is 0 Å². The van der Waals surface area contributed by atoms with Crippen molar-refractivity contribution in [3.8, 4) is 0 Å². The van der Waals surface area contributed by atoms with Crippen molar-refractivity contribution in [3.63, 3.8) is 0 Å². The van der Waals surface area contributed by atoms with Crippen LogP contribution in [0.1, 0.15) is 60.1 Å². The van der Waals surface area contributed by atoms with E-state index in [-0.39, 0.29) is 0 Å². The van der Waals surface area contributed by atoms with E-state index in [0.29, 0.717) is 6.04 Å². The van der Waals surface area contributed by atoms with Crippen molar-refractivity contribution in [3.05, 3.63) is 57.3 Å². The van der Waals surface area contributed by atoms with Crippen LogP contribution in [-0.4, -0.2) is 17.5 Å². The zero-order valence-corrected chi connectivity index (χ0v) is 14.2. The molecule has 1 unspecified atom stereocenters. The van der Waals surface area contributed by atoms with Gasteiger partial charge in [-0.05, 0) is 77.8 Å². The van der Waals surface area contributed by atoms with Crippen LogP contribution in [0.5, 0.6) is 0 Å². The van der Waals surface area contributed by atoms with Crippen molar-refractivity contribution in [2.24, 2.45) is 0 Å². The first kappa shape index (κ1) is 14.8. The van der Waals surface area contributed by atoms with Crippen LogP contribution in [0.15, 0.2) is 24.0 Å². The van der Waals surface area contributed by atoms with Crippen molar-refractivity contribution in [2.75, 3.05) is 6.54 Å². The number of benzene rings is 1. The summed E-state index contributed by atoms with van der Waals surface area (Å²) in [4.78, 5) is 2.66. The topological polar surface area (TPSA) is 3.24 Å². The van der Waals surface area contributed by atoms with E-state index in [9.17, 15) is 0 Å². The molecule has 0 aromatic heterocycles. The maximum Gasteiger partial charge on any atom is 0.0245 e. The van der Waals surface area contributed by atoms with Gasteiger partial charge < -0.3 is 0 Å². The predicted octanol–water partition coefficient (Wildman–Crippen LogP) is 5.00. The van der Waals surface area contributed by atoms with Gasteiger partial charge in [0.25, 0.3) is 0 Å². The Bertz CT molecular complexity index is 757. The molecule has 0 N–H and O–H groups in total. The predicted molar refractivity (Wildman–Crippen MR) is 99.2 cm³/mol. The third-order valence-corrected chi connectivity index (χ3v) is 5.68. The van der Waals surface area contributed by atoms with Crippen molar-refractivity contribution in [2.45, 2.75) is 52.1 Å². The van der Waals surface area contributed by atoms with Gasteiger partial charge in [-0.15, -0.1) is 5.73 Å². The van der Waals surface area contributed by atoms with Crippen molar-refractivity contribution >= 4 is 18.2 Å². The van der Waals surface area contributed by atoms with Gasteiger partial charge in [0.15, 0.2) is 0 Å². The summed E-state index contributed by atoms with van der Waals surface area (Å²) < 4.78 is 0. The summed E-state index contributed by atoms with van der Waals surface area (Å²) in [6, 6.07) is 0.677. The average Bonchev–Trinajstić information content (AvgIpc) is 2.87. The van der Waals surface area contributed by atoms with Gasteiger partial charge in [0.05, 0.1) is 0 Å². The molecule has 0 spiro atoms. The zero-order chi connectivity index (χ0) is 15.8. The molecule has 0 radical (unpaired) electrons. The standard InChI is InChI=1S/C22H25N/c1-3-16-14-21-19-11-7-5-6-10-17(19)18-12-8-9-13-20(18)22(21)15-23(16)4-2/h5,7,9-11,13,16H,3-4,8,12,14-15H2,1-2H3. The van der Waals surface area contributed by atoms with Crippen molar-refractivity contribution < 1.29 is 0 Å². The number of fused-ring (bicyclic) bond motifs is 6. The summed E-state index contributed by atoms with van der Waals surface area (Å²) in [5.74, 6) is 0. The Kier molecular flexibility index (Phi) is 3.85. The minimum absolute atomic E-state index is 0.677. The highest BCUT2D eigenvalue weighted by molar-refractivity contribution is 5.79. The first-order valence-corrected chi connectivity index (χ1v) is 9.03. The molecule has 1 nitrogen and oxygen atoms in total. The summed E-state index contributed by atoms with van der Waals surface area (Å²) in [6.45, 7) is 6.87. The fourth-order valence-electron chi connectivity index (χ4n) is 4.45. The minimum Gasteiger partial charge on any atom is -0.296 e. The monoisotopic (exact) mass is 303 g/mol. The quantitative estimate of drug-likeness (QED) is 0.695. The maximum absolute atomic E-state index is 3.33. The smallest absolute Gasteiger partial charge is 0.0245 e. The second-order valence-electron chi connectivity index (χ2n) is 6.78. The fourth-order valence-corrected chi connectivity index (χ4v) is 4.45. The largest absolute Gasteiger partial charge is 0.296 e. The lowest BCUT2D eigenvalue weighted by molar-refractivity contribution is 0.176. The van der Waals surface area contributed by atoms with Crippen molar-refractivity contribution in [1.29, 1.82) is 0 Å². The molecule has 1 heterocycles. The SMILES string of the molecule is CCC1Cc2c3c(c4c(c2CN1CC)C=CCC4)C=C=CC=C3. The number of allylic oxidation sites excluding steroid dienone is 3. The van der Waals surface area contributed by atoms with Gasteiger partial charge in [-0.3, -0.25) is 4.90 Å². The van der Waals surface area contributed by atoms with Crippen LogP contribution in [0, 0.1) is 0 Å². The number of nitrogens with zero attached hydrogens (tertiary/aromatic N) is 1. The zero-order valence-electron chi connectivity index (χ0n) is 14.2. The van der Waals surface area contributed by atoms with Crippen LogP contribution < -0.4 is 0 Å². The van der Waals surface area contributed by atoms with Crippen LogP contribution in [0.2, 0.25) is 0 Å². The van der Waals surface area contributed by atoms with Crippen LogP contribution in [0.25, 0.3) is 18.2 Å². The number of hydrogen-bond donors (Lipinski definition) is 0. The molecule has 1 aromatic carbocycles. The number of hydrogen-bond acceptors (Lipinski definition) is 1. The molecule has 2 aliphatic carbocycles. The third kappa shape index (κ3) is 2.36. The summed E-state index contributed by atoms with van der Waals surface area (Å²) in [6.07, 6.45) is 18.2. The Labute approximate surface area is 139 Å². The highest BCUT2D eigenvalue weighted by Gasteiger charge is 2.30. The highest BCUT2D eigenvalue weighted by atomic mass is 15.2. The van der Waals surface area contributed by atoms with Crippen LogP contribution in [-0.2, 0) is 19.4 Å². The molecule has 0 saturated carbocycles. The van der Waals surface area contributed by atoms with E-state index in [2.05, 4.69) is 54.9 Å². The van der Waals surface area contributed by atoms with Crippen LogP contribution in [0.3, 0.4) is 0 Å². The summed E-state index contributed by atoms with van der Waals surface area (Å²) in [5, 5.41) is 0. The van der Waals surface area contributed by atoms with Gasteiger partial charge in [0.2, 0.25) is 0 Å². The van der Waals surface area contributed by atoms with E-state index in [0.717, 1.165) is 25.9 Å². The molecule has 0 bridgehead atoms. The van der Waals surface area contributed by atoms with E-state index in [1.54, 1.807) is 16.7 Å². The summed E-state index contributed by atoms with van der Waals surface area (Å²) in [7, 11) is 0. The summed E-state index contributed by atoms with van der Waals surface area (Å²) in [5.41, 5.74) is 12.4. The number of rotatable bonds is 2. The van der Waals surface area contributed by atoms with Gasteiger partial charge in [-0.2, -0.15) is 0 Å². The van der Waals surface area contributed by atoms with Gasteiger partial charge >= 0.3 is 0 Å². The van der Waals surface area contributed by atoms with Crippen molar-refractivity contribution in [1.82, 2.24) is 4.90 Å². The highest BCUT2D eigenvalue weighted by Crippen LogP contribution is 2.39. The van der Waals surface area contributed by atoms with E-state index in [1.165, 1.54) is 29.5 Å².